The van der Waals surface area contributed by atoms with Gasteiger partial charge in [0.15, 0.2) is 6.73 Å². The zero-order valence-corrected chi connectivity index (χ0v) is 21.9. The molecule has 1 fully saturated rings. The van der Waals surface area contributed by atoms with Crippen molar-refractivity contribution in [1.29, 1.82) is 0 Å². The summed E-state index contributed by atoms with van der Waals surface area (Å²) in [6.45, 7) is 1.83. The number of aryl methyl sites for hydroxylation is 1. The predicted octanol–water partition coefficient (Wildman–Crippen LogP) is 4.91. The first-order valence-electron chi connectivity index (χ1n) is 12.5. The molecule has 0 aliphatic carbocycles. The largest absolute Gasteiger partial charge is 0.497 e. The van der Waals surface area contributed by atoms with Gasteiger partial charge in [0, 0.05) is 48.0 Å². The van der Waals surface area contributed by atoms with Crippen LogP contribution in [0, 0.1) is 6.92 Å². The first-order valence-corrected chi connectivity index (χ1v) is 12.5. The lowest BCUT2D eigenvalue weighted by Gasteiger charge is -2.19. The number of nitrogens with one attached hydrogen (secondary N) is 1. The number of hydrogen-bond acceptors (Lipinski definition) is 6. The van der Waals surface area contributed by atoms with E-state index in [-0.39, 0.29) is 32.1 Å². The normalized spacial score (nSPS) is 15.5. The maximum Gasteiger partial charge on any atom is 0.267 e. The Kier molecular flexibility index (Phi) is 7.03. The van der Waals surface area contributed by atoms with Gasteiger partial charge in [-0.1, -0.05) is 0 Å². The number of carbonyl (C=O) groups excluding carboxylic acids is 2. The van der Waals surface area contributed by atoms with Gasteiger partial charge in [-0.15, -0.1) is 0 Å². The van der Waals surface area contributed by atoms with Crippen molar-refractivity contribution in [2.45, 2.75) is 25.8 Å². The van der Waals surface area contributed by atoms with E-state index in [1.54, 1.807) is 44.6 Å². The molecule has 2 amide bonds. The molecule has 0 aromatic heterocycles. The molecule has 2 aliphatic rings. The van der Waals surface area contributed by atoms with Crippen LogP contribution >= 0.6 is 0 Å². The zero-order chi connectivity index (χ0) is 27.7. The maximum atomic E-state index is 13.6. The summed E-state index contributed by atoms with van der Waals surface area (Å²) in [4.78, 5) is 28.8. The Labute approximate surface area is 225 Å². The molecule has 2 heterocycles. The van der Waals surface area contributed by atoms with Crippen LogP contribution in [-0.4, -0.2) is 56.7 Å². The minimum absolute atomic E-state index is 0.0305. The van der Waals surface area contributed by atoms with Crippen molar-refractivity contribution in [1.82, 2.24) is 10.2 Å². The average molecular weight is 538 g/mol. The fourth-order valence-corrected chi connectivity index (χ4v) is 4.83. The Morgan fingerprint density at radius 1 is 1.05 bits per heavy atom. The second-order valence-corrected chi connectivity index (χ2v) is 9.58. The Hall–Kier alpha value is -4.34. The molecule has 1 saturated heterocycles. The van der Waals surface area contributed by atoms with E-state index in [0.717, 1.165) is 22.5 Å². The number of carbonyl (C=O) groups is 2. The van der Waals surface area contributed by atoms with E-state index in [0.29, 0.717) is 28.4 Å². The molecule has 39 heavy (non-hydrogen) atoms. The number of nitrogens with zero attached hydrogens (tertiary/aromatic N) is 2. The molecule has 0 unspecified atom stereocenters. The monoisotopic (exact) mass is 537 g/mol. The van der Waals surface area contributed by atoms with Crippen LogP contribution in [0.3, 0.4) is 0 Å². The van der Waals surface area contributed by atoms with E-state index in [9.17, 15) is 18.4 Å². The molecule has 2 aliphatic heterocycles. The Morgan fingerprint density at radius 2 is 1.87 bits per heavy atom. The van der Waals surface area contributed by atoms with E-state index in [2.05, 4.69) is 5.32 Å². The Balaban J connectivity index is 1.27. The highest BCUT2D eigenvalue weighted by Gasteiger charge is 2.40. The Bertz CT molecular complexity index is 1430. The van der Waals surface area contributed by atoms with Crippen molar-refractivity contribution in [2.24, 2.45) is 0 Å². The third-order valence-electron chi connectivity index (χ3n) is 7.00. The van der Waals surface area contributed by atoms with Crippen molar-refractivity contribution in [3.05, 3.63) is 76.9 Å². The van der Waals surface area contributed by atoms with Gasteiger partial charge >= 0.3 is 0 Å². The number of amides is 2. The van der Waals surface area contributed by atoms with Crippen LogP contribution in [-0.2, 0) is 6.54 Å². The van der Waals surface area contributed by atoms with E-state index in [1.165, 1.54) is 4.90 Å². The van der Waals surface area contributed by atoms with Crippen molar-refractivity contribution < 1.29 is 32.6 Å². The van der Waals surface area contributed by atoms with E-state index >= 15 is 0 Å². The molecule has 3 aromatic carbocycles. The molecule has 204 valence electrons. The van der Waals surface area contributed by atoms with E-state index in [1.807, 2.05) is 36.1 Å². The summed E-state index contributed by atoms with van der Waals surface area (Å²) >= 11 is 0. The molecule has 5 rings (SSSR count). The summed E-state index contributed by atoms with van der Waals surface area (Å²) in [6, 6.07) is 15.9. The second kappa shape index (κ2) is 10.4. The van der Waals surface area contributed by atoms with Crippen LogP contribution in [0.1, 0.15) is 38.3 Å². The lowest BCUT2D eigenvalue weighted by Crippen LogP contribution is -2.31. The topological polar surface area (TPSA) is 80.3 Å². The van der Waals surface area contributed by atoms with Crippen LogP contribution in [0.5, 0.6) is 17.2 Å². The van der Waals surface area contributed by atoms with Gasteiger partial charge in [-0.2, -0.15) is 0 Å². The van der Waals surface area contributed by atoms with E-state index < -0.39 is 18.4 Å². The first kappa shape index (κ1) is 26.3. The number of anilines is 2. The quantitative estimate of drug-likeness (QED) is 0.461. The summed E-state index contributed by atoms with van der Waals surface area (Å²) in [5.41, 5.74) is 4.02. The predicted molar refractivity (Wildman–Crippen MR) is 141 cm³/mol. The number of benzene rings is 3. The molecule has 8 nitrogen and oxygen atoms in total. The van der Waals surface area contributed by atoms with Crippen LogP contribution in [0.25, 0.3) is 0 Å². The van der Waals surface area contributed by atoms with Crippen LogP contribution in [0.2, 0.25) is 0 Å². The third-order valence-corrected chi connectivity index (χ3v) is 7.00. The standard InChI is InChI=1S/C29H29F2N3O5/c1-18-12-21(6-8-23(18)27(35)32-15-20-4-7-22(37-2)14-25(20)38-3)34-17-39-26-13-19(5-9-24(26)34)28(36)33-11-10-29(30,31)16-33/h4-9,12-14H,10-11,15-17H2,1-3H3,(H,32,35). The second-order valence-electron chi connectivity index (χ2n) is 9.58. The molecule has 0 bridgehead atoms. The minimum atomic E-state index is -2.84. The highest BCUT2D eigenvalue weighted by Crippen LogP contribution is 2.40. The number of hydrogen-bond donors (Lipinski definition) is 1. The van der Waals surface area contributed by atoms with Crippen molar-refractivity contribution in [3.63, 3.8) is 0 Å². The lowest BCUT2D eigenvalue weighted by molar-refractivity contribution is 0.0120. The van der Waals surface area contributed by atoms with Gasteiger partial charge in [0.25, 0.3) is 17.7 Å². The fraction of sp³-hybridized carbons (Fsp3) is 0.310. The summed E-state index contributed by atoms with van der Waals surface area (Å²) in [6.07, 6.45) is -0.322. The van der Waals surface area contributed by atoms with Crippen molar-refractivity contribution in [3.8, 4) is 17.2 Å². The van der Waals surface area contributed by atoms with Gasteiger partial charge in [-0.05, 0) is 61.0 Å². The Morgan fingerprint density at radius 3 is 2.56 bits per heavy atom. The molecule has 0 atom stereocenters. The highest BCUT2D eigenvalue weighted by molar-refractivity contribution is 5.97. The number of alkyl halides is 2. The highest BCUT2D eigenvalue weighted by atomic mass is 19.3. The third kappa shape index (κ3) is 5.32. The molecule has 0 radical (unpaired) electrons. The molecule has 0 spiro atoms. The molecule has 0 saturated carbocycles. The minimum Gasteiger partial charge on any atom is -0.497 e. The van der Waals surface area contributed by atoms with Crippen molar-refractivity contribution in [2.75, 3.05) is 38.9 Å². The smallest absolute Gasteiger partial charge is 0.267 e. The number of likely N-dealkylation sites (tertiary alicyclic amines) is 1. The molecular formula is C29H29F2N3O5. The van der Waals surface area contributed by atoms with Gasteiger partial charge < -0.3 is 29.3 Å². The van der Waals surface area contributed by atoms with Gasteiger partial charge in [-0.3, -0.25) is 9.59 Å². The molecular weight excluding hydrogens is 508 g/mol. The summed E-state index contributed by atoms with van der Waals surface area (Å²) < 4.78 is 43.6. The zero-order valence-electron chi connectivity index (χ0n) is 21.9. The van der Waals surface area contributed by atoms with Crippen molar-refractivity contribution >= 4 is 23.2 Å². The van der Waals surface area contributed by atoms with Gasteiger partial charge in [-0.25, -0.2) is 8.78 Å². The SMILES string of the molecule is COc1ccc(CNC(=O)c2ccc(N3COc4cc(C(=O)N5CCC(F)(F)C5)ccc43)cc2C)c(OC)c1. The molecule has 10 heteroatoms. The fourth-order valence-electron chi connectivity index (χ4n) is 4.83. The van der Waals surface area contributed by atoms with Crippen LogP contribution < -0.4 is 24.4 Å². The number of halogens is 2. The molecule has 3 aromatic rings. The summed E-state index contributed by atoms with van der Waals surface area (Å²) in [7, 11) is 3.14. The average Bonchev–Trinajstić information content (AvgIpc) is 3.53. The van der Waals surface area contributed by atoms with Gasteiger partial charge in [0.1, 0.15) is 17.2 Å². The summed E-state index contributed by atoms with van der Waals surface area (Å²) in [5.74, 6) is -1.71. The van der Waals surface area contributed by atoms with Crippen LogP contribution in [0.15, 0.2) is 54.6 Å². The number of ether oxygens (including phenoxy) is 3. The number of fused-ring (bicyclic) bond motifs is 1. The van der Waals surface area contributed by atoms with Crippen LogP contribution in [0.4, 0.5) is 20.2 Å². The van der Waals surface area contributed by atoms with Gasteiger partial charge in [0.2, 0.25) is 0 Å². The number of methoxy groups -OCH3 is 2. The number of rotatable bonds is 7. The molecule has 1 N–H and O–H groups in total. The first-order chi connectivity index (χ1) is 18.7. The van der Waals surface area contributed by atoms with E-state index in [4.69, 9.17) is 14.2 Å². The lowest BCUT2D eigenvalue weighted by atomic mass is 10.1. The van der Waals surface area contributed by atoms with Gasteiger partial charge in [0.05, 0.1) is 26.5 Å². The maximum absolute atomic E-state index is 13.6. The summed E-state index contributed by atoms with van der Waals surface area (Å²) in [5, 5.41) is 2.94.